The molecular weight excluding hydrogens is 284 g/mol. The van der Waals surface area contributed by atoms with Crippen LogP contribution in [-0.2, 0) is 0 Å². The van der Waals surface area contributed by atoms with Gasteiger partial charge in [-0.25, -0.2) is 0 Å². The van der Waals surface area contributed by atoms with E-state index in [0.717, 1.165) is 22.2 Å². The lowest BCUT2D eigenvalue weighted by Crippen LogP contribution is -2.00. The monoisotopic (exact) mass is 294 g/mol. The second-order valence-electron chi connectivity index (χ2n) is 4.69. The van der Waals surface area contributed by atoms with Gasteiger partial charge in [-0.15, -0.1) is 10.2 Å². The number of nitrogens with one attached hydrogen (secondary N) is 1. The fraction of sp³-hybridized carbons (Fsp3) is 0.0625. The molecule has 0 spiro atoms. The van der Waals surface area contributed by atoms with Gasteiger partial charge in [0.25, 0.3) is 0 Å². The minimum atomic E-state index is 0.257. The summed E-state index contributed by atoms with van der Waals surface area (Å²) in [4.78, 5) is 0. The van der Waals surface area contributed by atoms with Crippen molar-refractivity contribution in [3.63, 3.8) is 0 Å². The number of anilines is 2. The molecule has 0 unspecified atom stereocenters. The van der Waals surface area contributed by atoms with Crippen molar-refractivity contribution in [3.05, 3.63) is 58.7 Å². The van der Waals surface area contributed by atoms with E-state index in [2.05, 4.69) is 21.6 Å². The summed E-state index contributed by atoms with van der Waals surface area (Å²) < 4.78 is 0. The molecule has 1 aromatic heterocycles. The second-order valence-corrected chi connectivity index (χ2v) is 5.13. The Balaban J connectivity index is 2.19. The van der Waals surface area contributed by atoms with Crippen molar-refractivity contribution in [1.29, 1.82) is 5.26 Å². The zero-order chi connectivity index (χ0) is 14.8. The predicted molar refractivity (Wildman–Crippen MR) is 83.7 cm³/mol. The number of aryl methyl sites for hydroxylation is 1. The number of halogens is 1. The van der Waals surface area contributed by atoms with Gasteiger partial charge in [0, 0.05) is 16.1 Å². The Bertz CT molecular complexity index is 868. The van der Waals surface area contributed by atoms with Crippen LogP contribution in [0.2, 0.25) is 5.02 Å². The molecule has 1 heterocycles. The van der Waals surface area contributed by atoms with E-state index in [1.807, 2.05) is 37.3 Å². The van der Waals surface area contributed by atoms with Crippen molar-refractivity contribution < 1.29 is 0 Å². The molecule has 0 bridgehead atoms. The molecule has 0 saturated heterocycles. The molecule has 0 saturated carbocycles. The lowest BCUT2D eigenvalue weighted by Gasteiger charge is -2.11. The fourth-order valence-electron chi connectivity index (χ4n) is 2.13. The highest BCUT2D eigenvalue weighted by Gasteiger charge is 2.11. The summed E-state index contributed by atoms with van der Waals surface area (Å²) >= 11 is 6.00. The number of nitriles is 1. The van der Waals surface area contributed by atoms with E-state index in [4.69, 9.17) is 11.6 Å². The van der Waals surface area contributed by atoms with Crippen molar-refractivity contribution in [1.82, 2.24) is 10.2 Å². The zero-order valence-corrected chi connectivity index (χ0v) is 12.0. The van der Waals surface area contributed by atoms with E-state index in [1.54, 1.807) is 12.1 Å². The molecular formula is C16H11ClN4. The highest BCUT2D eigenvalue weighted by Crippen LogP contribution is 2.29. The van der Waals surface area contributed by atoms with Crippen LogP contribution in [0.1, 0.15) is 11.3 Å². The molecule has 3 rings (SSSR count). The average Bonchev–Trinajstić information content (AvgIpc) is 2.48. The standard InChI is InChI=1S/C16H11ClN4/c1-10-5-6-14-13(7-10)16(15(9-18)21-20-14)19-12-4-2-3-11(17)8-12/h2-8H,1H3,(H,19,20). The Morgan fingerprint density at radius 3 is 2.76 bits per heavy atom. The molecule has 3 aromatic rings. The molecule has 0 aliphatic heterocycles. The summed E-state index contributed by atoms with van der Waals surface area (Å²) in [5.41, 5.74) is 3.54. The number of hydrogen-bond acceptors (Lipinski definition) is 4. The fourth-order valence-corrected chi connectivity index (χ4v) is 2.32. The molecule has 0 radical (unpaired) electrons. The van der Waals surface area contributed by atoms with Gasteiger partial charge in [0.05, 0.1) is 11.2 Å². The Labute approximate surface area is 127 Å². The van der Waals surface area contributed by atoms with E-state index < -0.39 is 0 Å². The van der Waals surface area contributed by atoms with E-state index in [-0.39, 0.29) is 5.69 Å². The summed E-state index contributed by atoms with van der Waals surface area (Å²) in [5, 5.41) is 22.0. The van der Waals surface area contributed by atoms with E-state index in [9.17, 15) is 5.26 Å². The van der Waals surface area contributed by atoms with E-state index in [0.29, 0.717) is 10.7 Å². The molecule has 0 aliphatic carbocycles. The Morgan fingerprint density at radius 2 is 2.00 bits per heavy atom. The summed E-state index contributed by atoms with van der Waals surface area (Å²) in [5.74, 6) is 0. The predicted octanol–water partition coefficient (Wildman–Crippen LogP) is 4.21. The SMILES string of the molecule is Cc1ccc2nnc(C#N)c(Nc3cccc(Cl)c3)c2c1. The van der Waals surface area contributed by atoms with Gasteiger partial charge in [0.2, 0.25) is 0 Å². The van der Waals surface area contributed by atoms with Gasteiger partial charge in [-0.3, -0.25) is 0 Å². The largest absolute Gasteiger partial charge is 0.352 e. The molecule has 5 heteroatoms. The number of nitrogens with zero attached hydrogens (tertiary/aromatic N) is 3. The van der Waals surface area contributed by atoms with Crippen LogP contribution in [0, 0.1) is 18.3 Å². The smallest absolute Gasteiger partial charge is 0.187 e. The van der Waals surface area contributed by atoms with Crippen LogP contribution in [-0.4, -0.2) is 10.2 Å². The van der Waals surface area contributed by atoms with Crippen LogP contribution in [0.25, 0.3) is 10.9 Å². The summed E-state index contributed by atoms with van der Waals surface area (Å²) in [6, 6.07) is 15.2. The molecule has 2 aromatic carbocycles. The van der Waals surface area contributed by atoms with Crippen LogP contribution in [0.15, 0.2) is 42.5 Å². The number of fused-ring (bicyclic) bond motifs is 1. The molecule has 4 nitrogen and oxygen atoms in total. The summed E-state index contributed by atoms with van der Waals surface area (Å²) in [6.07, 6.45) is 0. The second kappa shape index (κ2) is 5.39. The molecule has 102 valence electrons. The van der Waals surface area contributed by atoms with Crippen molar-refractivity contribution in [3.8, 4) is 6.07 Å². The lowest BCUT2D eigenvalue weighted by atomic mass is 10.1. The average molecular weight is 295 g/mol. The topological polar surface area (TPSA) is 61.6 Å². The zero-order valence-electron chi connectivity index (χ0n) is 11.3. The van der Waals surface area contributed by atoms with Gasteiger partial charge < -0.3 is 5.32 Å². The maximum Gasteiger partial charge on any atom is 0.187 e. The molecule has 0 amide bonds. The number of benzene rings is 2. The summed E-state index contributed by atoms with van der Waals surface area (Å²) in [7, 11) is 0. The van der Waals surface area contributed by atoms with E-state index in [1.165, 1.54) is 0 Å². The first-order valence-electron chi connectivity index (χ1n) is 6.37. The van der Waals surface area contributed by atoms with Crippen LogP contribution in [0.3, 0.4) is 0 Å². The maximum absolute atomic E-state index is 9.26. The summed E-state index contributed by atoms with van der Waals surface area (Å²) in [6.45, 7) is 2.00. The van der Waals surface area contributed by atoms with Crippen molar-refractivity contribution in [2.75, 3.05) is 5.32 Å². The lowest BCUT2D eigenvalue weighted by molar-refractivity contribution is 1.05. The van der Waals surface area contributed by atoms with Gasteiger partial charge in [0.1, 0.15) is 6.07 Å². The highest BCUT2D eigenvalue weighted by molar-refractivity contribution is 6.30. The van der Waals surface area contributed by atoms with Crippen LogP contribution < -0.4 is 5.32 Å². The van der Waals surface area contributed by atoms with Crippen LogP contribution in [0.4, 0.5) is 11.4 Å². The van der Waals surface area contributed by atoms with E-state index >= 15 is 0 Å². The highest BCUT2D eigenvalue weighted by atomic mass is 35.5. The number of rotatable bonds is 2. The van der Waals surface area contributed by atoms with Crippen LogP contribution in [0.5, 0.6) is 0 Å². The molecule has 0 atom stereocenters. The molecule has 0 fully saturated rings. The Morgan fingerprint density at radius 1 is 1.14 bits per heavy atom. The quantitative estimate of drug-likeness (QED) is 0.769. The first kappa shape index (κ1) is 13.3. The van der Waals surface area contributed by atoms with Crippen molar-refractivity contribution in [2.24, 2.45) is 0 Å². The normalized spacial score (nSPS) is 10.3. The van der Waals surface area contributed by atoms with Gasteiger partial charge >= 0.3 is 0 Å². The minimum Gasteiger partial charge on any atom is -0.352 e. The third-order valence-electron chi connectivity index (χ3n) is 3.12. The van der Waals surface area contributed by atoms with Gasteiger partial charge in [0.15, 0.2) is 5.69 Å². The first-order valence-corrected chi connectivity index (χ1v) is 6.75. The Kier molecular flexibility index (Phi) is 3.43. The van der Waals surface area contributed by atoms with Gasteiger partial charge in [-0.05, 0) is 37.3 Å². The van der Waals surface area contributed by atoms with Crippen molar-refractivity contribution >= 4 is 33.9 Å². The minimum absolute atomic E-state index is 0.257. The maximum atomic E-state index is 9.26. The third-order valence-corrected chi connectivity index (χ3v) is 3.35. The third kappa shape index (κ3) is 2.64. The van der Waals surface area contributed by atoms with Gasteiger partial charge in [-0.1, -0.05) is 29.3 Å². The number of hydrogen-bond donors (Lipinski definition) is 1. The Hall–Kier alpha value is -2.64. The van der Waals surface area contributed by atoms with Gasteiger partial charge in [-0.2, -0.15) is 5.26 Å². The number of aromatic nitrogens is 2. The van der Waals surface area contributed by atoms with Crippen molar-refractivity contribution in [2.45, 2.75) is 6.92 Å². The van der Waals surface area contributed by atoms with Crippen LogP contribution >= 0.6 is 11.6 Å². The molecule has 21 heavy (non-hydrogen) atoms. The molecule has 1 N–H and O–H groups in total. The molecule has 0 aliphatic rings. The first-order chi connectivity index (χ1) is 10.2.